The first kappa shape index (κ1) is 14.1. The SMILES string of the molecule is Cc1ccc(C(N)C(=O)N2CCC(C)C(C)C2)cc1. The van der Waals surface area contributed by atoms with Gasteiger partial charge in [-0.25, -0.2) is 0 Å². The van der Waals surface area contributed by atoms with Gasteiger partial charge in [-0.2, -0.15) is 0 Å². The number of hydrogen-bond acceptors (Lipinski definition) is 2. The molecule has 1 aromatic rings. The number of carbonyl (C=O) groups excluding carboxylic acids is 1. The van der Waals surface area contributed by atoms with Crippen molar-refractivity contribution in [3.05, 3.63) is 35.4 Å². The number of benzene rings is 1. The first-order valence-corrected chi connectivity index (χ1v) is 7.10. The van der Waals surface area contributed by atoms with Crippen molar-refractivity contribution in [2.75, 3.05) is 13.1 Å². The van der Waals surface area contributed by atoms with E-state index in [1.165, 1.54) is 5.56 Å². The predicted molar refractivity (Wildman–Crippen MR) is 77.6 cm³/mol. The van der Waals surface area contributed by atoms with Gasteiger partial charge in [0.05, 0.1) is 0 Å². The van der Waals surface area contributed by atoms with E-state index in [0.29, 0.717) is 11.8 Å². The van der Waals surface area contributed by atoms with Gasteiger partial charge in [-0.15, -0.1) is 0 Å². The van der Waals surface area contributed by atoms with Gasteiger partial charge in [0.2, 0.25) is 5.91 Å². The van der Waals surface area contributed by atoms with E-state index in [2.05, 4.69) is 13.8 Å². The van der Waals surface area contributed by atoms with Crippen molar-refractivity contribution >= 4 is 5.91 Å². The number of amides is 1. The van der Waals surface area contributed by atoms with Gasteiger partial charge in [0.15, 0.2) is 0 Å². The third kappa shape index (κ3) is 3.16. The summed E-state index contributed by atoms with van der Waals surface area (Å²) in [6, 6.07) is 7.38. The van der Waals surface area contributed by atoms with Gasteiger partial charge in [-0.05, 0) is 30.7 Å². The molecule has 0 aliphatic carbocycles. The molecule has 1 fully saturated rings. The lowest BCUT2D eigenvalue weighted by molar-refractivity contribution is -0.135. The Labute approximate surface area is 115 Å². The van der Waals surface area contributed by atoms with Crippen molar-refractivity contribution in [2.45, 2.75) is 33.2 Å². The number of aryl methyl sites for hydroxylation is 1. The summed E-state index contributed by atoms with van der Waals surface area (Å²) in [4.78, 5) is 14.4. The Balaban J connectivity index is 2.05. The Morgan fingerprint density at radius 2 is 1.89 bits per heavy atom. The number of nitrogens with two attached hydrogens (primary N) is 1. The zero-order chi connectivity index (χ0) is 14.0. The fourth-order valence-corrected chi connectivity index (χ4v) is 2.58. The predicted octanol–water partition coefficient (Wildman–Crippen LogP) is 2.50. The van der Waals surface area contributed by atoms with Crippen LogP contribution in [0.15, 0.2) is 24.3 Å². The number of rotatable bonds is 2. The van der Waals surface area contributed by atoms with Crippen LogP contribution < -0.4 is 5.73 Å². The molecule has 19 heavy (non-hydrogen) atoms. The average Bonchev–Trinajstić information content (AvgIpc) is 2.41. The van der Waals surface area contributed by atoms with E-state index in [4.69, 9.17) is 5.73 Å². The zero-order valence-corrected chi connectivity index (χ0v) is 12.1. The van der Waals surface area contributed by atoms with E-state index in [9.17, 15) is 4.79 Å². The van der Waals surface area contributed by atoms with E-state index < -0.39 is 6.04 Å². The summed E-state index contributed by atoms with van der Waals surface area (Å²) >= 11 is 0. The van der Waals surface area contributed by atoms with E-state index in [1.807, 2.05) is 36.1 Å². The molecule has 0 bridgehead atoms. The van der Waals surface area contributed by atoms with Gasteiger partial charge < -0.3 is 10.6 Å². The molecule has 104 valence electrons. The monoisotopic (exact) mass is 260 g/mol. The van der Waals surface area contributed by atoms with Gasteiger partial charge >= 0.3 is 0 Å². The fraction of sp³-hybridized carbons (Fsp3) is 0.562. The Morgan fingerprint density at radius 3 is 2.47 bits per heavy atom. The normalized spacial score (nSPS) is 25.2. The van der Waals surface area contributed by atoms with Gasteiger partial charge in [-0.3, -0.25) is 4.79 Å². The molecule has 1 aromatic carbocycles. The maximum absolute atomic E-state index is 12.4. The maximum Gasteiger partial charge on any atom is 0.244 e. The van der Waals surface area contributed by atoms with Crippen molar-refractivity contribution in [3.8, 4) is 0 Å². The molecule has 1 saturated heterocycles. The molecule has 0 radical (unpaired) electrons. The van der Waals surface area contributed by atoms with E-state index in [-0.39, 0.29) is 5.91 Å². The van der Waals surface area contributed by atoms with Crippen molar-refractivity contribution in [1.29, 1.82) is 0 Å². The summed E-state index contributed by atoms with van der Waals surface area (Å²) in [5.74, 6) is 1.31. The van der Waals surface area contributed by atoms with E-state index in [0.717, 1.165) is 25.1 Å². The third-order valence-corrected chi connectivity index (χ3v) is 4.35. The maximum atomic E-state index is 12.4. The van der Waals surface area contributed by atoms with Crippen LogP contribution in [0.2, 0.25) is 0 Å². The summed E-state index contributed by atoms with van der Waals surface area (Å²) in [5.41, 5.74) is 8.20. The molecule has 3 heteroatoms. The van der Waals surface area contributed by atoms with Crippen LogP contribution in [0.4, 0.5) is 0 Å². The molecule has 0 saturated carbocycles. The molecule has 3 atom stereocenters. The Bertz CT molecular complexity index is 441. The molecule has 3 unspecified atom stereocenters. The average molecular weight is 260 g/mol. The van der Waals surface area contributed by atoms with Crippen LogP contribution in [0.25, 0.3) is 0 Å². The van der Waals surface area contributed by atoms with Crippen molar-refractivity contribution < 1.29 is 4.79 Å². The number of carbonyl (C=O) groups is 1. The van der Waals surface area contributed by atoms with Crippen LogP contribution in [0.5, 0.6) is 0 Å². The molecular formula is C16H24N2O. The van der Waals surface area contributed by atoms with E-state index in [1.54, 1.807) is 0 Å². The van der Waals surface area contributed by atoms with Gasteiger partial charge in [0, 0.05) is 13.1 Å². The minimum atomic E-state index is -0.527. The first-order chi connectivity index (χ1) is 8.99. The lowest BCUT2D eigenvalue weighted by Crippen LogP contribution is -2.46. The first-order valence-electron chi connectivity index (χ1n) is 7.10. The number of nitrogens with zero attached hydrogens (tertiary/aromatic N) is 1. The van der Waals surface area contributed by atoms with Gasteiger partial charge in [0.25, 0.3) is 0 Å². The number of likely N-dealkylation sites (tertiary alicyclic amines) is 1. The lowest BCUT2D eigenvalue weighted by atomic mass is 9.88. The summed E-state index contributed by atoms with van der Waals surface area (Å²) < 4.78 is 0. The summed E-state index contributed by atoms with van der Waals surface area (Å²) in [6.07, 6.45) is 1.08. The largest absolute Gasteiger partial charge is 0.341 e. The van der Waals surface area contributed by atoms with Gasteiger partial charge in [-0.1, -0.05) is 43.7 Å². The van der Waals surface area contributed by atoms with Crippen LogP contribution in [0, 0.1) is 18.8 Å². The summed E-state index contributed by atoms with van der Waals surface area (Å²) in [5, 5.41) is 0. The minimum Gasteiger partial charge on any atom is -0.341 e. The lowest BCUT2D eigenvalue weighted by Gasteiger charge is -2.36. The summed E-state index contributed by atoms with van der Waals surface area (Å²) in [7, 11) is 0. The second kappa shape index (κ2) is 5.74. The Hall–Kier alpha value is -1.35. The van der Waals surface area contributed by atoms with Crippen LogP contribution in [-0.4, -0.2) is 23.9 Å². The second-order valence-corrected chi connectivity index (χ2v) is 5.92. The zero-order valence-electron chi connectivity index (χ0n) is 12.1. The van der Waals surface area contributed by atoms with Crippen molar-refractivity contribution in [1.82, 2.24) is 4.90 Å². The molecule has 2 rings (SSSR count). The smallest absolute Gasteiger partial charge is 0.244 e. The second-order valence-electron chi connectivity index (χ2n) is 5.92. The van der Waals surface area contributed by atoms with Crippen LogP contribution >= 0.6 is 0 Å². The van der Waals surface area contributed by atoms with E-state index >= 15 is 0 Å². The molecule has 1 amide bonds. The van der Waals surface area contributed by atoms with Crippen molar-refractivity contribution in [3.63, 3.8) is 0 Å². The van der Waals surface area contributed by atoms with Crippen LogP contribution in [0.1, 0.15) is 37.4 Å². The topological polar surface area (TPSA) is 46.3 Å². The van der Waals surface area contributed by atoms with Crippen LogP contribution in [-0.2, 0) is 4.79 Å². The standard InChI is InChI=1S/C16H24N2O/c1-11-4-6-14(7-5-11)15(17)16(19)18-9-8-12(2)13(3)10-18/h4-7,12-13,15H,8-10,17H2,1-3H3. The molecule has 1 aliphatic heterocycles. The fourth-order valence-electron chi connectivity index (χ4n) is 2.58. The highest BCUT2D eigenvalue weighted by Gasteiger charge is 2.29. The minimum absolute atomic E-state index is 0.0580. The molecule has 0 spiro atoms. The molecular weight excluding hydrogens is 236 g/mol. The van der Waals surface area contributed by atoms with Gasteiger partial charge in [0.1, 0.15) is 6.04 Å². The highest BCUT2D eigenvalue weighted by Crippen LogP contribution is 2.24. The highest BCUT2D eigenvalue weighted by atomic mass is 16.2. The Kier molecular flexibility index (Phi) is 4.25. The van der Waals surface area contributed by atoms with Crippen molar-refractivity contribution in [2.24, 2.45) is 17.6 Å². The molecule has 1 aliphatic rings. The van der Waals surface area contributed by atoms with Crippen LogP contribution in [0.3, 0.4) is 0 Å². The number of piperidine rings is 1. The molecule has 3 nitrogen and oxygen atoms in total. The molecule has 2 N–H and O–H groups in total. The Morgan fingerprint density at radius 1 is 1.26 bits per heavy atom. The molecule has 1 heterocycles. The molecule has 0 aromatic heterocycles. The quantitative estimate of drug-likeness (QED) is 0.888. The third-order valence-electron chi connectivity index (χ3n) is 4.35. The highest BCUT2D eigenvalue weighted by molar-refractivity contribution is 5.83. The number of hydrogen-bond donors (Lipinski definition) is 1. The summed E-state index contributed by atoms with van der Waals surface area (Å²) in [6.45, 7) is 8.17.